The number of hydrogen-bond donors (Lipinski definition) is 1. The highest BCUT2D eigenvalue weighted by Gasteiger charge is 2.35. The predicted molar refractivity (Wildman–Crippen MR) is 72.8 cm³/mol. The molecule has 2 aliphatic rings. The van der Waals surface area contributed by atoms with Crippen LogP contribution in [0, 0.1) is 12.3 Å². The molecular formula is C14H20N4O. The lowest BCUT2D eigenvalue weighted by atomic mass is 9.78. The summed E-state index contributed by atoms with van der Waals surface area (Å²) in [6.07, 6.45) is 9.22. The van der Waals surface area contributed by atoms with Crippen LogP contribution in [0.15, 0.2) is 12.2 Å². The first-order valence-corrected chi connectivity index (χ1v) is 6.98. The van der Waals surface area contributed by atoms with Crippen molar-refractivity contribution in [2.75, 3.05) is 5.32 Å². The second kappa shape index (κ2) is 4.47. The monoisotopic (exact) mass is 260 g/mol. The van der Waals surface area contributed by atoms with Gasteiger partial charge in [0.2, 0.25) is 11.9 Å². The van der Waals surface area contributed by atoms with Gasteiger partial charge in [-0.1, -0.05) is 19.1 Å². The summed E-state index contributed by atoms with van der Waals surface area (Å²) < 4.78 is 2.06. The number of nitrogens with zero attached hydrogens (tertiary/aromatic N) is 3. The van der Waals surface area contributed by atoms with Gasteiger partial charge in [-0.2, -0.15) is 0 Å². The fraction of sp³-hybridized carbons (Fsp3) is 0.643. The number of hydrogen-bond acceptors (Lipinski definition) is 3. The van der Waals surface area contributed by atoms with Crippen molar-refractivity contribution >= 4 is 11.9 Å². The Morgan fingerprint density at radius 3 is 2.84 bits per heavy atom. The Balaban J connectivity index is 1.78. The summed E-state index contributed by atoms with van der Waals surface area (Å²) in [5, 5.41) is 11.2. The van der Waals surface area contributed by atoms with Crippen molar-refractivity contribution in [3.63, 3.8) is 0 Å². The maximum atomic E-state index is 12.5. The van der Waals surface area contributed by atoms with E-state index in [0.717, 1.165) is 37.9 Å². The number of carbonyl (C=O) groups is 1. The lowest BCUT2D eigenvalue weighted by Crippen LogP contribution is -2.35. The van der Waals surface area contributed by atoms with Gasteiger partial charge in [-0.15, -0.1) is 10.2 Å². The minimum absolute atomic E-state index is 0.0613. The molecule has 1 saturated carbocycles. The summed E-state index contributed by atoms with van der Waals surface area (Å²) in [6, 6.07) is 0.476. The van der Waals surface area contributed by atoms with E-state index in [-0.39, 0.29) is 11.3 Å². The zero-order valence-corrected chi connectivity index (χ0v) is 11.5. The first-order valence-electron chi connectivity index (χ1n) is 6.98. The third-order valence-corrected chi connectivity index (χ3v) is 4.15. The molecule has 0 spiro atoms. The van der Waals surface area contributed by atoms with Crippen LogP contribution < -0.4 is 5.32 Å². The Morgan fingerprint density at radius 2 is 2.21 bits per heavy atom. The summed E-state index contributed by atoms with van der Waals surface area (Å²) in [5.41, 5.74) is -0.316. The predicted octanol–water partition coefficient (Wildman–Crippen LogP) is 2.61. The smallest absolute Gasteiger partial charge is 0.232 e. The van der Waals surface area contributed by atoms with Crippen molar-refractivity contribution in [3.8, 4) is 0 Å². The van der Waals surface area contributed by atoms with Crippen molar-refractivity contribution in [1.29, 1.82) is 0 Å². The average Bonchev–Trinajstić information content (AvgIpc) is 3.16. The molecule has 2 aliphatic carbocycles. The highest BCUT2D eigenvalue weighted by molar-refractivity contribution is 5.94. The van der Waals surface area contributed by atoms with Gasteiger partial charge in [0.05, 0.1) is 5.41 Å². The Bertz CT molecular complexity index is 530. The van der Waals surface area contributed by atoms with Gasteiger partial charge in [-0.25, -0.2) is 0 Å². The number of carbonyl (C=O) groups excluding carboxylic acids is 1. The van der Waals surface area contributed by atoms with E-state index in [9.17, 15) is 4.79 Å². The Kier molecular flexibility index (Phi) is 2.92. The largest absolute Gasteiger partial charge is 0.294 e. The molecule has 1 heterocycles. The van der Waals surface area contributed by atoms with E-state index in [2.05, 4.69) is 32.2 Å². The first-order chi connectivity index (χ1) is 9.10. The van der Waals surface area contributed by atoms with Gasteiger partial charge in [0.15, 0.2) is 0 Å². The van der Waals surface area contributed by atoms with Crippen LogP contribution in [0.1, 0.15) is 50.9 Å². The third kappa shape index (κ3) is 2.29. The van der Waals surface area contributed by atoms with E-state index in [4.69, 9.17) is 0 Å². The van der Waals surface area contributed by atoms with Crippen LogP contribution in [-0.2, 0) is 4.79 Å². The molecule has 0 bridgehead atoms. The van der Waals surface area contributed by atoms with Crippen LogP contribution in [-0.4, -0.2) is 20.7 Å². The Morgan fingerprint density at radius 1 is 1.42 bits per heavy atom. The van der Waals surface area contributed by atoms with Gasteiger partial charge in [0.25, 0.3) is 0 Å². The summed E-state index contributed by atoms with van der Waals surface area (Å²) in [4.78, 5) is 12.5. The third-order valence-electron chi connectivity index (χ3n) is 4.15. The topological polar surface area (TPSA) is 59.8 Å². The highest BCUT2D eigenvalue weighted by Crippen LogP contribution is 2.38. The van der Waals surface area contributed by atoms with Crippen molar-refractivity contribution in [1.82, 2.24) is 14.8 Å². The fourth-order valence-corrected chi connectivity index (χ4v) is 2.65. The van der Waals surface area contributed by atoms with Crippen molar-refractivity contribution < 1.29 is 4.79 Å². The lowest BCUT2D eigenvalue weighted by molar-refractivity contribution is -0.125. The molecule has 102 valence electrons. The molecule has 1 unspecified atom stereocenters. The molecule has 1 fully saturated rings. The Hall–Kier alpha value is -1.65. The summed E-state index contributed by atoms with van der Waals surface area (Å²) >= 11 is 0. The molecular weight excluding hydrogens is 240 g/mol. The molecule has 0 saturated heterocycles. The zero-order chi connectivity index (χ0) is 13.5. The minimum Gasteiger partial charge on any atom is -0.294 e. The molecule has 0 radical (unpaired) electrons. The molecule has 1 aromatic rings. The van der Waals surface area contributed by atoms with Crippen molar-refractivity contribution in [2.24, 2.45) is 5.41 Å². The van der Waals surface area contributed by atoms with Gasteiger partial charge in [0.1, 0.15) is 5.82 Å². The van der Waals surface area contributed by atoms with E-state index in [0.29, 0.717) is 12.0 Å². The molecule has 1 amide bonds. The molecule has 5 nitrogen and oxygen atoms in total. The van der Waals surface area contributed by atoms with Crippen LogP contribution >= 0.6 is 0 Å². The SMILES string of the molecule is Cc1nnc(NC(=O)C2(C)CC=CCC2)n1C1CC1. The van der Waals surface area contributed by atoms with Gasteiger partial charge < -0.3 is 0 Å². The molecule has 1 aromatic heterocycles. The molecule has 5 heteroatoms. The van der Waals surface area contributed by atoms with Crippen molar-refractivity contribution in [2.45, 2.75) is 52.0 Å². The van der Waals surface area contributed by atoms with Crippen LogP contribution in [0.5, 0.6) is 0 Å². The van der Waals surface area contributed by atoms with Gasteiger partial charge in [-0.05, 0) is 39.0 Å². The second-order valence-corrected chi connectivity index (χ2v) is 5.90. The maximum absolute atomic E-state index is 12.5. The number of aromatic nitrogens is 3. The summed E-state index contributed by atoms with van der Waals surface area (Å²) in [7, 11) is 0. The second-order valence-electron chi connectivity index (χ2n) is 5.90. The summed E-state index contributed by atoms with van der Waals surface area (Å²) in [5.74, 6) is 1.55. The maximum Gasteiger partial charge on any atom is 0.232 e. The van der Waals surface area contributed by atoms with Gasteiger partial charge in [-0.3, -0.25) is 14.7 Å². The van der Waals surface area contributed by atoms with Crippen LogP contribution in [0.25, 0.3) is 0 Å². The molecule has 1 N–H and O–H groups in total. The van der Waals surface area contributed by atoms with Crippen molar-refractivity contribution in [3.05, 3.63) is 18.0 Å². The number of allylic oxidation sites excluding steroid dienone is 2. The summed E-state index contributed by atoms with van der Waals surface area (Å²) in [6.45, 7) is 3.96. The first kappa shape index (κ1) is 12.4. The molecule has 3 rings (SSSR count). The minimum atomic E-state index is -0.316. The standard InChI is InChI=1S/C14H20N4O/c1-10-16-17-13(18(10)11-6-7-11)15-12(19)14(2)8-4-3-5-9-14/h3-4,11H,5-9H2,1-2H3,(H,15,17,19). The number of nitrogens with one attached hydrogen (secondary N) is 1. The number of rotatable bonds is 3. The quantitative estimate of drug-likeness (QED) is 0.850. The van der Waals surface area contributed by atoms with E-state index >= 15 is 0 Å². The fourth-order valence-electron chi connectivity index (χ4n) is 2.65. The Labute approximate surface area is 113 Å². The highest BCUT2D eigenvalue weighted by atomic mass is 16.2. The number of amides is 1. The van der Waals surface area contributed by atoms with Crippen LogP contribution in [0.4, 0.5) is 5.95 Å². The number of anilines is 1. The van der Waals surface area contributed by atoms with Crippen LogP contribution in [0.2, 0.25) is 0 Å². The van der Waals surface area contributed by atoms with E-state index in [1.807, 2.05) is 13.8 Å². The van der Waals surface area contributed by atoms with E-state index in [1.165, 1.54) is 0 Å². The van der Waals surface area contributed by atoms with Gasteiger partial charge >= 0.3 is 0 Å². The molecule has 0 aromatic carbocycles. The van der Waals surface area contributed by atoms with Gasteiger partial charge in [0, 0.05) is 6.04 Å². The van der Waals surface area contributed by atoms with E-state index in [1.54, 1.807) is 0 Å². The molecule has 19 heavy (non-hydrogen) atoms. The molecule has 0 aliphatic heterocycles. The zero-order valence-electron chi connectivity index (χ0n) is 11.5. The lowest BCUT2D eigenvalue weighted by Gasteiger charge is -2.28. The van der Waals surface area contributed by atoms with Crippen LogP contribution in [0.3, 0.4) is 0 Å². The average molecular weight is 260 g/mol. The normalized spacial score (nSPS) is 26.4. The number of aryl methyl sites for hydroxylation is 1. The molecule has 1 atom stereocenters. The van der Waals surface area contributed by atoms with E-state index < -0.39 is 0 Å².